The number of carbonyl (C=O) groups is 1. The molecule has 0 aromatic heterocycles. The number of carbonyl (C=O) groups excluding carboxylic acids is 1. The zero-order chi connectivity index (χ0) is 25.7. The molecule has 0 radical (unpaired) electrons. The van der Waals surface area contributed by atoms with E-state index in [2.05, 4.69) is 54.5 Å². The molecule has 35 heavy (non-hydrogen) atoms. The summed E-state index contributed by atoms with van der Waals surface area (Å²) in [6, 6.07) is 0. The zero-order valence-electron chi connectivity index (χ0n) is 23.9. The smallest absolute Gasteiger partial charge is 0.311 e. The van der Waals surface area contributed by atoms with E-state index in [-0.39, 0.29) is 39.1 Å². The molecular weight excluding hydrogens is 432 g/mol. The van der Waals surface area contributed by atoms with Gasteiger partial charge in [-0.3, -0.25) is 4.79 Å². The van der Waals surface area contributed by atoms with Crippen molar-refractivity contribution in [3.05, 3.63) is 11.6 Å². The summed E-state index contributed by atoms with van der Waals surface area (Å²) in [5.41, 5.74) is 2.39. The van der Waals surface area contributed by atoms with Crippen molar-refractivity contribution in [1.82, 2.24) is 0 Å². The van der Waals surface area contributed by atoms with E-state index >= 15 is 0 Å². The standard InChI is InChI=1S/C32H52O3/c1-9-35-26(34)29(5)17-16-28(4)18-19-31(7)21(22(28)20-29)10-11-24-30(6)14-13-25(33)27(2,3)23(30)12-15-32(24,31)8/h10,22-25,33H,9,11-20H2,1-8H3/t22-,23?,24?,25?,28-,29+,30+,31-,32-/m1/s1. The molecule has 0 aromatic carbocycles. The van der Waals surface area contributed by atoms with Gasteiger partial charge in [0.15, 0.2) is 0 Å². The number of hydrogen-bond donors (Lipinski definition) is 1. The Kier molecular flexibility index (Phi) is 5.78. The van der Waals surface area contributed by atoms with Crippen LogP contribution in [0.1, 0.15) is 120 Å². The first kappa shape index (κ1) is 25.8. The van der Waals surface area contributed by atoms with E-state index in [1.54, 1.807) is 5.57 Å². The minimum absolute atomic E-state index is 0.00478. The normalized spacial score (nSPS) is 52.8. The Morgan fingerprint density at radius 1 is 0.943 bits per heavy atom. The molecule has 0 aliphatic heterocycles. The summed E-state index contributed by atoms with van der Waals surface area (Å²) >= 11 is 0. The largest absolute Gasteiger partial charge is 0.466 e. The number of aliphatic hydroxyl groups is 1. The number of allylic oxidation sites excluding steroid dienone is 2. The number of ether oxygens (including phenoxy) is 1. The highest BCUT2D eigenvalue weighted by Crippen LogP contribution is 2.75. The van der Waals surface area contributed by atoms with Gasteiger partial charge in [-0.1, -0.05) is 53.2 Å². The second-order valence-electron chi connectivity index (χ2n) is 15.4. The molecular formula is C32H52O3. The fourth-order valence-corrected chi connectivity index (χ4v) is 10.8. The Labute approximate surface area is 214 Å². The fourth-order valence-electron chi connectivity index (χ4n) is 10.8. The summed E-state index contributed by atoms with van der Waals surface area (Å²) in [7, 11) is 0. The lowest BCUT2D eigenvalue weighted by Gasteiger charge is -2.71. The van der Waals surface area contributed by atoms with Crippen LogP contribution in [0.3, 0.4) is 0 Å². The predicted octanol–water partition coefficient (Wildman–Crippen LogP) is 7.71. The van der Waals surface area contributed by atoms with E-state index in [1.165, 1.54) is 32.1 Å². The van der Waals surface area contributed by atoms with Crippen molar-refractivity contribution >= 4 is 5.97 Å². The molecule has 3 nitrogen and oxygen atoms in total. The number of hydrogen-bond acceptors (Lipinski definition) is 3. The molecule has 1 N–H and O–H groups in total. The van der Waals surface area contributed by atoms with Crippen LogP contribution in [0.25, 0.3) is 0 Å². The molecule has 0 aromatic rings. The number of esters is 1. The Bertz CT molecular complexity index is 920. The van der Waals surface area contributed by atoms with E-state index < -0.39 is 0 Å². The number of rotatable bonds is 2. The number of fused-ring (bicyclic) bond motifs is 7. The third-order valence-corrected chi connectivity index (χ3v) is 13.6. The molecule has 9 atom stereocenters. The van der Waals surface area contributed by atoms with Gasteiger partial charge in [-0.25, -0.2) is 0 Å². The predicted molar refractivity (Wildman–Crippen MR) is 142 cm³/mol. The van der Waals surface area contributed by atoms with Crippen molar-refractivity contribution in [3.8, 4) is 0 Å². The molecule has 5 rings (SSSR count). The van der Waals surface area contributed by atoms with Crippen LogP contribution in [0.5, 0.6) is 0 Å². The maximum absolute atomic E-state index is 13.1. The maximum atomic E-state index is 13.1. The van der Waals surface area contributed by atoms with Crippen LogP contribution >= 0.6 is 0 Å². The lowest BCUT2D eigenvalue weighted by molar-refractivity contribution is -0.203. The van der Waals surface area contributed by atoms with E-state index in [0.29, 0.717) is 29.8 Å². The van der Waals surface area contributed by atoms with E-state index in [1.807, 2.05) is 6.92 Å². The van der Waals surface area contributed by atoms with E-state index in [0.717, 1.165) is 32.1 Å². The summed E-state index contributed by atoms with van der Waals surface area (Å²) in [5, 5.41) is 10.9. The van der Waals surface area contributed by atoms with Crippen LogP contribution in [-0.2, 0) is 9.53 Å². The zero-order valence-corrected chi connectivity index (χ0v) is 23.9. The highest BCUT2D eigenvalue weighted by molar-refractivity contribution is 5.76. The molecule has 0 bridgehead atoms. The summed E-state index contributed by atoms with van der Waals surface area (Å²) in [5.74, 6) is 1.76. The van der Waals surface area contributed by atoms with Crippen LogP contribution < -0.4 is 0 Å². The molecule has 5 aliphatic rings. The van der Waals surface area contributed by atoms with E-state index in [4.69, 9.17) is 4.74 Å². The summed E-state index contributed by atoms with van der Waals surface area (Å²) in [6.07, 6.45) is 13.9. The minimum Gasteiger partial charge on any atom is -0.466 e. The molecule has 0 amide bonds. The quantitative estimate of drug-likeness (QED) is 0.322. The first-order chi connectivity index (χ1) is 16.2. The van der Waals surface area contributed by atoms with Crippen molar-refractivity contribution in [1.29, 1.82) is 0 Å². The van der Waals surface area contributed by atoms with Gasteiger partial charge in [-0.05, 0) is 123 Å². The lowest BCUT2D eigenvalue weighted by Crippen LogP contribution is -2.64. The molecule has 0 spiro atoms. The van der Waals surface area contributed by atoms with Crippen molar-refractivity contribution in [2.24, 2.45) is 50.2 Å². The van der Waals surface area contributed by atoms with Crippen molar-refractivity contribution < 1.29 is 14.6 Å². The van der Waals surface area contributed by atoms with Crippen LogP contribution in [0.4, 0.5) is 0 Å². The monoisotopic (exact) mass is 484 g/mol. The van der Waals surface area contributed by atoms with Crippen LogP contribution in [-0.4, -0.2) is 23.8 Å². The van der Waals surface area contributed by atoms with Crippen molar-refractivity contribution in [2.75, 3.05) is 6.61 Å². The van der Waals surface area contributed by atoms with Gasteiger partial charge in [-0.15, -0.1) is 0 Å². The highest BCUT2D eigenvalue weighted by Gasteiger charge is 2.68. The first-order valence-corrected chi connectivity index (χ1v) is 14.7. The van der Waals surface area contributed by atoms with Gasteiger partial charge in [0.05, 0.1) is 18.1 Å². The molecule has 4 fully saturated rings. The molecule has 5 aliphatic carbocycles. The summed E-state index contributed by atoms with van der Waals surface area (Å²) in [4.78, 5) is 13.1. The van der Waals surface area contributed by atoms with Gasteiger partial charge in [0.25, 0.3) is 0 Å². The van der Waals surface area contributed by atoms with Crippen LogP contribution in [0, 0.1) is 50.2 Å². The number of aliphatic hydroxyl groups excluding tert-OH is 1. The highest BCUT2D eigenvalue weighted by atomic mass is 16.5. The van der Waals surface area contributed by atoms with Gasteiger partial charge in [0.1, 0.15) is 0 Å². The second-order valence-corrected chi connectivity index (χ2v) is 15.4. The first-order valence-electron chi connectivity index (χ1n) is 14.7. The lowest BCUT2D eigenvalue weighted by atomic mass is 9.33. The topological polar surface area (TPSA) is 46.5 Å². The Morgan fingerprint density at radius 2 is 1.63 bits per heavy atom. The average molecular weight is 485 g/mol. The Balaban J connectivity index is 1.54. The molecule has 3 unspecified atom stereocenters. The van der Waals surface area contributed by atoms with Gasteiger partial charge in [0, 0.05) is 0 Å². The van der Waals surface area contributed by atoms with Gasteiger partial charge < -0.3 is 9.84 Å². The molecule has 0 saturated heterocycles. The molecule has 4 saturated carbocycles. The van der Waals surface area contributed by atoms with Gasteiger partial charge in [0.2, 0.25) is 0 Å². The SMILES string of the molecule is CCOC(=O)[C@@]1(C)CC[C@]2(C)CC[C@]3(C)C(=CCC4[C@@]5(C)CCC(O)C(C)(C)C5CC[C@]43C)[C@H]2C1. The third kappa shape index (κ3) is 3.28. The second kappa shape index (κ2) is 7.84. The van der Waals surface area contributed by atoms with Gasteiger partial charge in [-0.2, -0.15) is 0 Å². The Morgan fingerprint density at radius 3 is 2.31 bits per heavy atom. The fraction of sp³-hybridized carbons (Fsp3) is 0.906. The third-order valence-electron chi connectivity index (χ3n) is 13.6. The van der Waals surface area contributed by atoms with Crippen LogP contribution in [0.15, 0.2) is 11.6 Å². The molecule has 3 heteroatoms. The molecule has 0 heterocycles. The van der Waals surface area contributed by atoms with Gasteiger partial charge >= 0.3 is 5.97 Å². The van der Waals surface area contributed by atoms with Crippen molar-refractivity contribution in [2.45, 2.75) is 126 Å². The minimum atomic E-state index is -0.357. The summed E-state index contributed by atoms with van der Waals surface area (Å²) in [6.45, 7) is 19.6. The van der Waals surface area contributed by atoms with E-state index in [9.17, 15) is 9.90 Å². The molecule has 198 valence electrons. The van der Waals surface area contributed by atoms with Crippen LogP contribution in [0.2, 0.25) is 0 Å². The average Bonchev–Trinajstić information content (AvgIpc) is 2.78. The Hall–Kier alpha value is -0.830. The maximum Gasteiger partial charge on any atom is 0.311 e. The van der Waals surface area contributed by atoms with Crippen molar-refractivity contribution in [3.63, 3.8) is 0 Å². The summed E-state index contributed by atoms with van der Waals surface area (Å²) < 4.78 is 5.59.